The van der Waals surface area contributed by atoms with E-state index < -0.39 is 0 Å². The fraction of sp³-hybridized carbons (Fsp3) is 0.562. The summed E-state index contributed by atoms with van der Waals surface area (Å²) in [5, 5.41) is 2.96. The van der Waals surface area contributed by atoms with Gasteiger partial charge in [-0.1, -0.05) is 0 Å². The number of ether oxygens (including phenoxy) is 2. The Morgan fingerprint density at radius 2 is 1.91 bits per heavy atom. The second-order valence-electron chi connectivity index (χ2n) is 6.05. The molecule has 0 radical (unpaired) electrons. The zero-order chi connectivity index (χ0) is 16.2. The maximum absolute atomic E-state index is 12.1. The summed E-state index contributed by atoms with van der Waals surface area (Å²) in [5.74, 6) is 1.60. The van der Waals surface area contributed by atoms with Gasteiger partial charge in [0.1, 0.15) is 0 Å². The molecule has 0 unspecified atom stereocenters. The summed E-state index contributed by atoms with van der Waals surface area (Å²) >= 11 is 0. The number of carbonyl (C=O) groups is 1. The molecule has 2 heterocycles. The van der Waals surface area contributed by atoms with Gasteiger partial charge in [-0.05, 0) is 26.2 Å². The summed E-state index contributed by atoms with van der Waals surface area (Å²) in [4.78, 5) is 18.3. The Morgan fingerprint density at radius 1 is 1.17 bits per heavy atom. The van der Waals surface area contributed by atoms with E-state index in [1.165, 1.54) is 0 Å². The van der Waals surface area contributed by atoms with E-state index in [0.29, 0.717) is 13.3 Å². The van der Waals surface area contributed by atoms with Gasteiger partial charge >= 0.3 is 6.03 Å². The average Bonchev–Trinajstić information content (AvgIpc) is 3.02. The second kappa shape index (κ2) is 6.95. The molecule has 1 saturated heterocycles. The van der Waals surface area contributed by atoms with Crippen LogP contribution in [0.2, 0.25) is 0 Å². The zero-order valence-corrected chi connectivity index (χ0v) is 13.7. The molecule has 0 saturated carbocycles. The Hall–Kier alpha value is -2.15. The first-order valence-corrected chi connectivity index (χ1v) is 7.95. The number of urea groups is 1. The molecular formula is C16H24N4O3. The van der Waals surface area contributed by atoms with Gasteiger partial charge in [0, 0.05) is 51.0 Å². The summed E-state index contributed by atoms with van der Waals surface area (Å²) < 4.78 is 10.8. The van der Waals surface area contributed by atoms with E-state index >= 15 is 0 Å². The van der Waals surface area contributed by atoms with E-state index in [1.54, 1.807) is 0 Å². The van der Waals surface area contributed by atoms with Crippen molar-refractivity contribution in [1.82, 2.24) is 15.1 Å². The van der Waals surface area contributed by atoms with E-state index in [-0.39, 0.29) is 6.03 Å². The maximum Gasteiger partial charge on any atom is 0.317 e. The molecule has 3 rings (SSSR count). The molecule has 2 aliphatic rings. The molecule has 7 nitrogen and oxygen atoms in total. The van der Waals surface area contributed by atoms with Crippen LogP contribution in [0.1, 0.15) is 0 Å². The predicted molar refractivity (Wildman–Crippen MR) is 88.3 cm³/mol. The highest BCUT2D eigenvalue weighted by Gasteiger charge is 2.22. The minimum Gasteiger partial charge on any atom is -0.454 e. The molecule has 0 spiro atoms. The molecule has 2 amide bonds. The topological polar surface area (TPSA) is 57.3 Å². The van der Waals surface area contributed by atoms with E-state index in [4.69, 9.17) is 9.47 Å². The van der Waals surface area contributed by atoms with E-state index in [0.717, 1.165) is 49.9 Å². The number of hydrogen-bond donors (Lipinski definition) is 1. The van der Waals surface area contributed by atoms with Gasteiger partial charge in [0.05, 0.1) is 0 Å². The van der Waals surface area contributed by atoms with Crippen molar-refractivity contribution in [3.63, 3.8) is 0 Å². The smallest absolute Gasteiger partial charge is 0.317 e. The highest BCUT2D eigenvalue weighted by molar-refractivity contribution is 5.74. The van der Waals surface area contributed by atoms with E-state index in [1.807, 2.05) is 37.2 Å². The van der Waals surface area contributed by atoms with Gasteiger partial charge in [-0.2, -0.15) is 0 Å². The van der Waals surface area contributed by atoms with Crippen LogP contribution in [-0.4, -0.2) is 76.0 Å². The van der Waals surface area contributed by atoms with Crippen molar-refractivity contribution < 1.29 is 14.3 Å². The van der Waals surface area contributed by atoms with Gasteiger partial charge in [0.25, 0.3) is 0 Å². The number of anilines is 1. The number of likely N-dealkylation sites (N-methyl/N-ethyl adjacent to an activating group) is 1. The van der Waals surface area contributed by atoms with Gasteiger partial charge in [-0.25, -0.2) is 4.79 Å². The zero-order valence-electron chi connectivity index (χ0n) is 13.7. The van der Waals surface area contributed by atoms with Gasteiger partial charge < -0.3 is 29.5 Å². The molecule has 1 N–H and O–H groups in total. The first kappa shape index (κ1) is 15.7. The molecule has 126 valence electrons. The number of fused-ring (bicyclic) bond motifs is 1. The number of hydrogen-bond acceptors (Lipinski definition) is 5. The van der Waals surface area contributed by atoms with Gasteiger partial charge in [-0.3, -0.25) is 0 Å². The van der Waals surface area contributed by atoms with Crippen molar-refractivity contribution in [2.24, 2.45) is 0 Å². The van der Waals surface area contributed by atoms with Gasteiger partial charge in [0.2, 0.25) is 6.79 Å². The Bertz CT molecular complexity index is 556. The summed E-state index contributed by atoms with van der Waals surface area (Å²) in [6, 6.07) is 6.02. The summed E-state index contributed by atoms with van der Waals surface area (Å²) in [5.41, 5.74) is 1.11. The van der Waals surface area contributed by atoms with Crippen LogP contribution in [0.5, 0.6) is 11.5 Å². The number of amides is 2. The SMILES string of the molecule is CN(C)CCNC(=O)N1CCN(c2ccc3c(c2)OCO3)CC1. The highest BCUT2D eigenvalue weighted by atomic mass is 16.7. The molecule has 2 aliphatic heterocycles. The summed E-state index contributed by atoms with van der Waals surface area (Å²) in [6.45, 7) is 4.91. The first-order valence-electron chi connectivity index (χ1n) is 7.95. The van der Waals surface area contributed by atoms with Crippen LogP contribution in [0.4, 0.5) is 10.5 Å². The van der Waals surface area contributed by atoms with Gasteiger partial charge in [-0.15, -0.1) is 0 Å². The van der Waals surface area contributed by atoms with Crippen molar-refractivity contribution in [1.29, 1.82) is 0 Å². The quantitative estimate of drug-likeness (QED) is 0.890. The summed E-state index contributed by atoms with van der Waals surface area (Å²) in [6.07, 6.45) is 0. The van der Waals surface area contributed by atoms with Crippen LogP contribution in [0.3, 0.4) is 0 Å². The third-order valence-corrected chi connectivity index (χ3v) is 4.12. The fourth-order valence-corrected chi connectivity index (χ4v) is 2.75. The first-order chi connectivity index (χ1) is 11.1. The lowest BCUT2D eigenvalue weighted by atomic mass is 10.2. The maximum atomic E-state index is 12.1. The highest BCUT2D eigenvalue weighted by Crippen LogP contribution is 2.35. The molecule has 7 heteroatoms. The Labute approximate surface area is 136 Å². The minimum atomic E-state index is 0.0252. The Balaban J connectivity index is 1.49. The van der Waals surface area contributed by atoms with Crippen LogP contribution in [0, 0.1) is 0 Å². The molecular weight excluding hydrogens is 296 g/mol. The standard InChI is InChI=1S/C16H24N4O3/c1-18(2)6-5-17-16(21)20-9-7-19(8-10-20)13-3-4-14-15(11-13)23-12-22-14/h3-4,11H,5-10,12H2,1-2H3,(H,17,21). The predicted octanol–water partition coefficient (Wildman–Crippen LogP) is 0.808. The lowest BCUT2D eigenvalue weighted by Crippen LogP contribution is -2.52. The largest absolute Gasteiger partial charge is 0.454 e. The number of piperazine rings is 1. The lowest BCUT2D eigenvalue weighted by Gasteiger charge is -2.36. The third-order valence-electron chi connectivity index (χ3n) is 4.12. The van der Waals surface area contributed by atoms with E-state index in [2.05, 4.69) is 15.1 Å². The van der Waals surface area contributed by atoms with Crippen LogP contribution in [0.15, 0.2) is 18.2 Å². The number of rotatable bonds is 4. The molecule has 1 aromatic rings. The molecule has 1 fully saturated rings. The third kappa shape index (κ3) is 3.79. The van der Waals surface area contributed by atoms with Crippen LogP contribution in [0.25, 0.3) is 0 Å². The normalized spacial score (nSPS) is 16.8. The number of nitrogens with zero attached hydrogens (tertiary/aromatic N) is 3. The number of carbonyl (C=O) groups excluding carboxylic acids is 1. The molecule has 0 aromatic heterocycles. The van der Waals surface area contributed by atoms with Crippen LogP contribution >= 0.6 is 0 Å². The van der Waals surface area contributed by atoms with Crippen LogP contribution < -0.4 is 19.7 Å². The Kier molecular flexibility index (Phi) is 4.76. The van der Waals surface area contributed by atoms with Crippen molar-refractivity contribution in [3.05, 3.63) is 18.2 Å². The number of nitrogens with one attached hydrogen (secondary N) is 1. The Morgan fingerprint density at radius 3 is 2.65 bits per heavy atom. The number of benzene rings is 1. The molecule has 0 atom stereocenters. The molecule has 0 aliphatic carbocycles. The van der Waals surface area contributed by atoms with Crippen molar-refractivity contribution in [3.8, 4) is 11.5 Å². The van der Waals surface area contributed by atoms with Crippen molar-refractivity contribution in [2.75, 3.05) is 65.1 Å². The molecule has 23 heavy (non-hydrogen) atoms. The molecule has 1 aromatic carbocycles. The molecule has 0 bridgehead atoms. The van der Waals surface area contributed by atoms with Crippen LogP contribution in [-0.2, 0) is 0 Å². The van der Waals surface area contributed by atoms with Crippen molar-refractivity contribution >= 4 is 11.7 Å². The summed E-state index contributed by atoms with van der Waals surface area (Å²) in [7, 11) is 3.99. The second-order valence-corrected chi connectivity index (χ2v) is 6.05. The van der Waals surface area contributed by atoms with E-state index in [9.17, 15) is 4.79 Å². The lowest BCUT2D eigenvalue weighted by molar-refractivity contribution is 0.174. The fourth-order valence-electron chi connectivity index (χ4n) is 2.75. The van der Waals surface area contributed by atoms with Gasteiger partial charge in [0.15, 0.2) is 11.5 Å². The minimum absolute atomic E-state index is 0.0252. The average molecular weight is 320 g/mol. The van der Waals surface area contributed by atoms with Crippen molar-refractivity contribution in [2.45, 2.75) is 0 Å². The monoisotopic (exact) mass is 320 g/mol.